The zero-order valence-corrected chi connectivity index (χ0v) is 23.0. The van der Waals surface area contributed by atoms with Crippen molar-refractivity contribution in [2.45, 2.75) is 39.3 Å². The number of rotatable bonds is 10. The van der Waals surface area contributed by atoms with E-state index in [1.807, 2.05) is 38.1 Å². The second-order valence-corrected chi connectivity index (χ2v) is 9.80. The Hall–Kier alpha value is -4.66. The van der Waals surface area contributed by atoms with Crippen molar-refractivity contribution in [2.75, 3.05) is 20.8 Å². The summed E-state index contributed by atoms with van der Waals surface area (Å²) in [5, 5.41) is 0.509. The molecule has 40 heavy (non-hydrogen) atoms. The van der Waals surface area contributed by atoms with E-state index >= 15 is 0 Å². The van der Waals surface area contributed by atoms with Crippen molar-refractivity contribution in [3.63, 3.8) is 0 Å². The lowest BCUT2D eigenvalue weighted by Crippen LogP contribution is -2.34. The fraction of sp³-hybridized carbons (Fsp3) is 0.290. The molecule has 9 nitrogen and oxygen atoms in total. The summed E-state index contributed by atoms with van der Waals surface area (Å²) >= 11 is 0. The molecule has 9 heteroatoms. The second-order valence-electron chi connectivity index (χ2n) is 9.80. The number of carbonyl (C=O) groups is 2. The number of aromatic nitrogens is 2. The minimum atomic E-state index is -0.406. The van der Waals surface area contributed by atoms with Crippen LogP contribution in [0.25, 0.3) is 10.9 Å². The number of methoxy groups -OCH3 is 2. The number of nitrogens with zero attached hydrogens (tertiary/aromatic N) is 3. The van der Waals surface area contributed by atoms with E-state index in [4.69, 9.17) is 19.2 Å². The van der Waals surface area contributed by atoms with Crippen LogP contribution in [0.5, 0.6) is 17.2 Å². The van der Waals surface area contributed by atoms with E-state index in [2.05, 4.69) is 0 Å². The Kier molecular flexibility index (Phi) is 7.55. The summed E-state index contributed by atoms with van der Waals surface area (Å²) in [5.74, 6) is 1.34. The van der Waals surface area contributed by atoms with Gasteiger partial charge in [-0.2, -0.15) is 0 Å². The van der Waals surface area contributed by atoms with Crippen molar-refractivity contribution in [2.24, 2.45) is 0 Å². The van der Waals surface area contributed by atoms with Crippen molar-refractivity contribution in [3.05, 3.63) is 93.5 Å². The highest BCUT2D eigenvalue weighted by molar-refractivity contribution is 6.22. The van der Waals surface area contributed by atoms with Gasteiger partial charge in [-0.15, -0.1) is 0 Å². The van der Waals surface area contributed by atoms with Gasteiger partial charge >= 0.3 is 0 Å². The lowest BCUT2D eigenvalue weighted by molar-refractivity contribution is 0.0653. The number of amides is 2. The van der Waals surface area contributed by atoms with Crippen LogP contribution in [0.4, 0.5) is 0 Å². The monoisotopic (exact) mass is 541 g/mol. The molecule has 206 valence electrons. The third-order valence-corrected chi connectivity index (χ3v) is 6.90. The summed E-state index contributed by atoms with van der Waals surface area (Å²) in [4.78, 5) is 46.1. The Bertz CT molecular complexity index is 1660. The second kappa shape index (κ2) is 11.2. The molecule has 0 saturated heterocycles. The zero-order chi connectivity index (χ0) is 28.4. The average Bonchev–Trinajstić information content (AvgIpc) is 3.20. The maximum absolute atomic E-state index is 13.6. The van der Waals surface area contributed by atoms with Gasteiger partial charge in [0.2, 0.25) is 0 Å². The molecule has 0 saturated carbocycles. The first-order valence-electron chi connectivity index (χ1n) is 13.2. The Balaban J connectivity index is 1.43. The third-order valence-electron chi connectivity index (χ3n) is 6.90. The molecule has 0 aliphatic carbocycles. The normalized spacial score (nSPS) is 12.8. The van der Waals surface area contributed by atoms with Gasteiger partial charge in [0.05, 0.1) is 42.4 Å². The van der Waals surface area contributed by atoms with E-state index in [1.54, 1.807) is 55.2 Å². The van der Waals surface area contributed by atoms with Gasteiger partial charge in [-0.25, -0.2) is 4.98 Å². The molecule has 1 aliphatic heterocycles. The van der Waals surface area contributed by atoms with Crippen LogP contribution in [-0.2, 0) is 19.4 Å². The molecule has 2 heterocycles. The van der Waals surface area contributed by atoms with E-state index in [0.717, 1.165) is 5.56 Å². The van der Waals surface area contributed by atoms with Gasteiger partial charge in [-0.1, -0.05) is 24.3 Å². The Morgan fingerprint density at radius 2 is 1.57 bits per heavy atom. The van der Waals surface area contributed by atoms with Crippen LogP contribution >= 0.6 is 0 Å². The molecule has 5 rings (SSSR count). The van der Waals surface area contributed by atoms with Gasteiger partial charge in [-0.05, 0) is 62.2 Å². The first-order valence-corrected chi connectivity index (χ1v) is 13.2. The SMILES string of the molecule is COc1ccc(CCn2c(CCN3C(=O)c4cccc(OC(C)C)c4C3=O)nc3ccccc3c2=O)cc1OC. The smallest absolute Gasteiger partial charge is 0.265 e. The molecule has 1 aromatic heterocycles. The topological polar surface area (TPSA) is 100.0 Å². The van der Waals surface area contributed by atoms with Gasteiger partial charge in [-0.3, -0.25) is 23.9 Å². The molecular weight excluding hydrogens is 510 g/mol. The van der Waals surface area contributed by atoms with Crippen LogP contribution in [-0.4, -0.2) is 53.1 Å². The van der Waals surface area contributed by atoms with Crippen LogP contribution in [0.3, 0.4) is 0 Å². The van der Waals surface area contributed by atoms with Crippen molar-refractivity contribution in [1.29, 1.82) is 0 Å². The lowest BCUT2D eigenvalue weighted by Gasteiger charge is -2.18. The zero-order valence-electron chi connectivity index (χ0n) is 23.0. The Labute approximate surface area is 231 Å². The molecule has 0 radical (unpaired) electrons. The van der Waals surface area contributed by atoms with Gasteiger partial charge in [0.1, 0.15) is 11.6 Å². The Morgan fingerprint density at radius 3 is 2.33 bits per heavy atom. The predicted molar refractivity (Wildman–Crippen MR) is 151 cm³/mol. The standard InChI is InChI=1S/C31H31N3O6/c1-19(2)40-25-11-7-9-22-28(25)31(37)34(30(22)36)17-15-27-32-23-10-6-5-8-21(23)29(35)33(27)16-14-20-12-13-24(38-3)26(18-20)39-4/h5-13,18-19H,14-17H2,1-4H3. The largest absolute Gasteiger partial charge is 0.493 e. The molecular formula is C31H31N3O6. The van der Waals surface area contributed by atoms with Gasteiger partial charge in [0.25, 0.3) is 17.4 Å². The number of aryl methyl sites for hydroxylation is 1. The first kappa shape index (κ1) is 26.9. The van der Waals surface area contributed by atoms with E-state index in [-0.39, 0.29) is 36.1 Å². The third kappa shape index (κ3) is 5.02. The van der Waals surface area contributed by atoms with Crippen molar-refractivity contribution in [1.82, 2.24) is 14.5 Å². The van der Waals surface area contributed by atoms with Gasteiger partial charge in [0, 0.05) is 19.5 Å². The fourth-order valence-corrected chi connectivity index (χ4v) is 4.98. The number of imide groups is 1. The van der Waals surface area contributed by atoms with Crippen molar-refractivity contribution >= 4 is 22.7 Å². The highest BCUT2D eigenvalue weighted by Gasteiger charge is 2.38. The van der Waals surface area contributed by atoms with Gasteiger partial charge in [0.15, 0.2) is 11.5 Å². The molecule has 0 fully saturated rings. The highest BCUT2D eigenvalue weighted by atomic mass is 16.5. The number of benzene rings is 3. The van der Waals surface area contributed by atoms with Crippen LogP contribution in [0.15, 0.2) is 65.5 Å². The summed E-state index contributed by atoms with van der Waals surface area (Å²) in [6.07, 6.45) is 0.610. The molecule has 2 amide bonds. The fourth-order valence-electron chi connectivity index (χ4n) is 4.98. The molecule has 0 unspecified atom stereocenters. The number of hydrogen-bond donors (Lipinski definition) is 0. The summed E-state index contributed by atoms with van der Waals surface area (Å²) in [7, 11) is 3.16. The van der Waals surface area contributed by atoms with Crippen LogP contribution < -0.4 is 19.8 Å². The van der Waals surface area contributed by atoms with Crippen molar-refractivity contribution in [3.8, 4) is 17.2 Å². The molecule has 0 N–H and O–H groups in total. The van der Waals surface area contributed by atoms with Crippen LogP contribution in [0.1, 0.15) is 46.0 Å². The lowest BCUT2D eigenvalue weighted by atomic mass is 10.1. The summed E-state index contributed by atoms with van der Waals surface area (Å²) in [6, 6.07) is 17.9. The quantitative estimate of drug-likeness (QED) is 0.276. The molecule has 0 bridgehead atoms. The first-order chi connectivity index (χ1) is 19.3. The molecule has 4 aromatic rings. The minimum absolute atomic E-state index is 0.0780. The maximum Gasteiger partial charge on any atom is 0.265 e. The van der Waals surface area contributed by atoms with Crippen LogP contribution in [0.2, 0.25) is 0 Å². The maximum atomic E-state index is 13.6. The number of carbonyl (C=O) groups excluding carboxylic acids is 2. The minimum Gasteiger partial charge on any atom is -0.493 e. The summed E-state index contributed by atoms with van der Waals surface area (Å²) in [6.45, 7) is 4.17. The molecule has 0 atom stereocenters. The number of ether oxygens (including phenoxy) is 3. The van der Waals surface area contributed by atoms with Crippen LogP contribution in [0, 0.1) is 0 Å². The molecule has 1 aliphatic rings. The molecule has 3 aromatic carbocycles. The van der Waals surface area contributed by atoms with E-state index < -0.39 is 5.91 Å². The van der Waals surface area contributed by atoms with E-state index in [9.17, 15) is 14.4 Å². The van der Waals surface area contributed by atoms with E-state index in [0.29, 0.717) is 52.5 Å². The van der Waals surface area contributed by atoms with E-state index in [1.165, 1.54) is 4.90 Å². The predicted octanol–water partition coefficient (Wildman–Crippen LogP) is 4.28. The number of hydrogen-bond acceptors (Lipinski definition) is 7. The summed E-state index contributed by atoms with van der Waals surface area (Å²) in [5.41, 5.74) is 1.96. The highest BCUT2D eigenvalue weighted by Crippen LogP contribution is 2.32. The van der Waals surface area contributed by atoms with Crippen molar-refractivity contribution < 1.29 is 23.8 Å². The molecule has 0 spiro atoms. The average molecular weight is 542 g/mol. The van der Waals surface area contributed by atoms with Gasteiger partial charge < -0.3 is 14.2 Å². The summed E-state index contributed by atoms with van der Waals surface area (Å²) < 4.78 is 18.2. The number of fused-ring (bicyclic) bond motifs is 2. The Morgan fingerprint density at radius 1 is 0.800 bits per heavy atom. The number of para-hydroxylation sites is 1.